The first-order valence-electron chi connectivity index (χ1n) is 9.81. The number of nitrogens with zero attached hydrogens (tertiary/aromatic N) is 1. The summed E-state index contributed by atoms with van der Waals surface area (Å²) in [6.45, 7) is 4.70. The third-order valence-electron chi connectivity index (χ3n) is 4.97. The number of hydrogen-bond acceptors (Lipinski definition) is 4. The topological polar surface area (TPSA) is 49.7 Å². The summed E-state index contributed by atoms with van der Waals surface area (Å²) >= 11 is 0. The van der Waals surface area contributed by atoms with Gasteiger partial charge in [-0.1, -0.05) is 17.9 Å². The molecule has 0 unspecified atom stereocenters. The van der Waals surface area contributed by atoms with Gasteiger partial charge in [-0.15, -0.1) is 0 Å². The van der Waals surface area contributed by atoms with Crippen LogP contribution in [0, 0.1) is 24.7 Å². The second kappa shape index (κ2) is 8.64. The van der Waals surface area contributed by atoms with Crippen LogP contribution in [0.5, 0.6) is 5.75 Å². The van der Waals surface area contributed by atoms with E-state index in [9.17, 15) is 4.79 Å². The summed E-state index contributed by atoms with van der Waals surface area (Å²) in [6.07, 6.45) is 4.15. The second-order valence-corrected chi connectivity index (χ2v) is 7.39. The van der Waals surface area contributed by atoms with E-state index in [1.165, 1.54) is 18.9 Å². The molecule has 5 nitrogen and oxygen atoms in total. The van der Waals surface area contributed by atoms with E-state index < -0.39 is 0 Å². The largest absolute Gasteiger partial charge is 0.491 e. The van der Waals surface area contributed by atoms with Crippen LogP contribution in [-0.2, 0) is 16.0 Å². The molecule has 0 N–H and O–H groups in total. The summed E-state index contributed by atoms with van der Waals surface area (Å²) in [5.74, 6) is 7.68. The maximum atomic E-state index is 12.5. The molecule has 2 aromatic rings. The van der Waals surface area contributed by atoms with Crippen molar-refractivity contribution in [2.45, 2.75) is 32.4 Å². The number of aromatic nitrogens is 1. The normalized spacial score (nSPS) is 19.0. The molecule has 28 heavy (non-hydrogen) atoms. The van der Waals surface area contributed by atoms with Crippen LogP contribution in [0.4, 0.5) is 0 Å². The lowest BCUT2D eigenvalue weighted by Crippen LogP contribution is -2.33. The predicted octanol–water partition coefficient (Wildman–Crippen LogP) is 2.76. The van der Waals surface area contributed by atoms with Gasteiger partial charge in [0.05, 0.1) is 26.4 Å². The van der Waals surface area contributed by atoms with Crippen molar-refractivity contribution >= 4 is 0 Å². The van der Waals surface area contributed by atoms with Crippen LogP contribution in [-0.4, -0.2) is 37.1 Å². The van der Waals surface area contributed by atoms with Crippen molar-refractivity contribution in [3.63, 3.8) is 0 Å². The molecule has 0 spiro atoms. The molecule has 1 aromatic heterocycles. The van der Waals surface area contributed by atoms with Gasteiger partial charge in [0.25, 0.3) is 5.56 Å². The van der Waals surface area contributed by atoms with E-state index in [1.54, 1.807) is 10.8 Å². The van der Waals surface area contributed by atoms with Crippen molar-refractivity contribution in [1.82, 2.24) is 4.57 Å². The molecule has 146 valence electrons. The van der Waals surface area contributed by atoms with Gasteiger partial charge in [-0.2, -0.15) is 0 Å². The van der Waals surface area contributed by atoms with Crippen molar-refractivity contribution in [3.05, 3.63) is 63.6 Å². The Morgan fingerprint density at radius 2 is 2.11 bits per heavy atom. The van der Waals surface area contributed by atoms with Crippen LogP contribution in [0.2, 0.25) is 0 Å². The van der Waals surface area contributed by atoms with E-state index in [2.05, 4.69) is 30.9 Å². The first-order chi connectivity index (χ1) is 13.7. The summed E-state index contributed by atoms with van der Waals surface area (Å²) in [5.41, 5.74) is 3.21. The van der Waals surface area contributed by atoms with Gasteiger partial charge < -0.3 is 18.8 Å². The number of rotatable bonds is 5. The van der Waals surface area contributed by atoms with Gasteiger partial charge in [0.15, 0.2) is 0 Å². The number of hydrogen-bond donors (Lipinski definition) is 0. The van der Waals surface area contributed by atoms with Crippen molar-refractivity contribution < 1.29 is 14.2 Å². The van der Waals surface area contributed by atoms with E-state index in [-0.39, 0.29) is 11.7 Å². The molecule has 2 aliphatic rings. The zero-order valence-corrected chi connectivity index (χ0v) is 16.1. The van der Waals surface area contributed by atoms with Crippen molar-refractivity contribution in [2.75, 3.05) is 26.4 Å². The minimum atomic E-state index is -0.0877. The fourth-order valence-corrected chi connectivity index (χ4v) is 3.08. The fourth-order valence-electron chi connectivity index (χ4n) is 3.08. The minimum Gasteiger partial charge on any atom is -0.491 e. The molecule has 1 aromatic carbocycles. The number of pyridine rings is 1. The van der Waals surface area contributed by atoms with Crippen LogP contribution in [0.3, 0.4) is 0 Å². The summed E-state index contributed by atoms with van der Waals surface area (Å²) in [7, 11) is 0. The monoisotopic (exact) mass is 379 g/mol. The Kier molecular flexibility index (Phi) is 5.80. The second-order valence-electron chi connectivity index (χ2n) is 7.39. The van der Waals surface area contributed by atoms with Crippen LogP contribution < -0.4 is 10.3 Å². The van der Waals surface area contributed by atoms with E-state index >= 15 is 0 Å². The molecule has 5 heteroatoms. The molecule has 4 rings (SSSR count). The van der Waals surface area contributed by atoms with Gasteiger partial charge in [0.2, 0.25) is 0 Å². The Morgan fingerprint density at radius 1 is 1.21 bits per heavy atom. The third-order valence-corrected chi connectivity index (χ3v) is 4.97. The Labute approximate surface area is 165 Å². The Hall–Kier alpha value is -2.55. The molecule has 0 amide bonds. The van der Waals surface area contributed by atoms with Gasteiger partial charge in [0, 0.05) is 23.7 Å². The van der Waals surface area contributed by atoms with Gasteiger partial charge in [-0.05, 0) is 49.1 Å². The molecule has 1 saturated heterocycles. The SMILES string of the molecule is Cc1cc(C#CC2CC2)ccc1Cn1ccc(OC[C@@H]2COCCO2)cc1=O. The summed E-state index contributed by atoms with van der Waals surface area (Å²) in [5, 5.41) is 0. The highest BCUT2D eigenvalue weighted by Crippen LogP contribution is 2.27. The van der Waals surface area contributed by atoms with E-state index in [0.29, 0.717) is 44.6 Å². The van der Waals surface area contributed by atoms with E-state index in [0.717, 1.165) is 16.7 Å². The fraction of sp³-hybridized carbons (Fsp3) is 0.435. The molecular weight excluding hydrogens is 354 g/mol. The molecule has 2 heterocycles. The zero-order chi connectivity index (χ0) is 19.3. The molecule has 1 aliphatic carbocycles. The van der Waals surface area contributed by atoms with Gasteiger partial charge >= 0.3 is 0 Å². The number of benzene rings is 1. The highest BCUT2D eigenvalue weighted by Gasteiger charge is 2.17. The Bertz CT molecular complexity index is 943. The lowest BCUT2D eigenvalue weighted by atomic mass is 10.0. The maximum absolute atomic E-state index is 12.5. The molecular formula is C23H25NO4. The Balaban J connectivity index is 1.39. The van der Waals surface area contributed by atoms with Gasteiger partial charge in [-0.3, -0.25) is 4.79 Å². The number of ether oxygens (including phenoxy) is 3. The molecule has 1 saturated carbocycles. The van der Waals surface area contributed by atoms with Crippen LogP contribution in [0.1, 0.15) is 29.5 Å². The van der Waals surface area contributed by atoms with Crippen LogP contribution in [0.15, 0.2) is 41.3 Å². The van der Waals surface area contributed by atoms with Gasteiger partial charge in [-0.25, -0.2) is 0 Å². The predicted molar refractivity (Wildman–Crippen MR) is 107 cm³/mol. The standard InChI is InChI=1S/C23H25NO4/c1-17-12-19(5-4-18-2-3-18)6-7-20(17)14-24-9-8-21(13-23(24)25)28-16-22-15-26-10-11-27-22/h6-9,12-13,18,22H,2-3,10-11,14-16H2,1H3/t22-/m0/s1. The first kappa shape index (κ1) is 18.8. The minimum absolute atomic E-state index is 0.0830. The third kappa shape index (κ3) is 5.03. The smallest absolute Gasteiger partial charge is 0.254 e. The van der Waals surface area contributed by atoms with E-state index in [4.69, 9.17) is 14.2 Å². The van der Waals surface area contributed by atoms with E-state index in [1.807, 2.05) is 12.1 Å². The van der Waals surface area contributed by atoms with Gasteiger partial charge in [0.1, 0.15) is 18.5 Å². The summed E-state index contributed by atoms with van der Waals surface area (Å²) in [6, 6.07) is 9.53. The average molecular weight is 379 g/mol. The quantitative estimate of drug-likeness (QED) is 0.750. The van der Waals surface area contributed by atoms with Crippen molar-refractivity contribution in [1.29, 1.82) is 0 Å². The molecule has 0 bridgehead atoms. The average Bonchev–Trinajstić information content (AvgIpc) is 3.53. The molecule has 1 aliphatic heterocycles. The lowest BCUT2D eigenvalue weighted by Gasteiger charge is -2.22. The maximum Gasteiger partial charge on any atom is 0.254 e. The lowest BCUT2D eigenvalue weighted by molar-refractivity contribution is -0.101. The molecule has 2 fully saturated rings. The van der Waals surface area contributed by atoms with Crippen LogP contribution >= 0.6 is 0 Å². The zero-order valence-electron chi connectivity index (χ0n) is 16.1. The highest BCUT2D eigenvalue weighted by molar-refractivity contribution is 5.41. The Morgan fingerprint density at radius 3 is 2.82 bits per heavy atom. The highest BCUT2D eigenvalue weighted by atomic mass is 16.6. The first-order valence-corrected chi connectivity index (χ1v) is 9.81. The number of aryl methyl sites for hydroxylation is 1. The molecule has 1 atom stereocenters. The van der Waals surface area contributed by atoms with Crippen molar-refractivity contribution in [2.24, 2.45) is 5.92 Å². The van der Waals surface area contributed by atoms with Crippen LogP contribution in [0.25, 0.3) is 0 Å². The summed E-state index contributed by atoms with van der Waals surface area (Å²) < 4.78 is 18.3. The van der Waals surface area contributed by atoms with Crippen molar-refractivity contribution in [3.8, 4) is 17.6 Å². The molecule has 0 radical (unpaired) electrons. The summed E-state index contributed by atoms with van der Waals surface area (Å²) in [4.78, 5) is 12.5.